The van der Waals surface area contributed by atoms with Gasteiger partial charge < -0.3 is 31.0 Å². The van der Waals surface area contributed by atoms with E-state index in [4.69, 9.17) is 20.4 Å². The van der Waals surface area contributed by atoms with Crippen LogP contribution in [0.4, 0.5) is 4.79 Å². The number of nitrogens with two attached hydrogens (primary N) is 1. The Morgan fingerprint density at radius 2 is 1.96 bits per heavy atom. The van der Waals surface area contributed by atoms with E-state index in [-0.39, 0.29) is 37.1 Å². The third kappa shape index (κ3) is 6.75. The van der Waals surface area contributed by atoms with Crippen molar-refractivity contribution in [3.63, 3.8) is 0 Å². The molecule has 0 aliphatic carbocycles. The van der Waals surface area contributed by atoms with E-state index in [1.54, 1.807) is 0 Å². The molecule has 1 aromatic heterocycles. The molecule has 3 atom stereocenters. The van der Waals surface area contributed by atoms with E-state index in [1.807, 2.05) is 13.8 Å². The standard InChI is InChI=1S/C14H23N5O6/c1-3-7(2)11(15)12-19-18-9(25-12)6-16-14(24)17-8(13(22)23)4-5-10(20)21/h7-8,11H,3-6,15H2,1-2H3,(H,20,21)(H,22,23)(H2,16,17,24). The summed E-state index contributed by atoms with van der Waals surface area (Å²) in [6, 6.07) is -2.51. The van der Waals surface area contributed by atoms with Crippen LogP contribution in [-0.2, 0) is 16.1 Å². The van der Waals surface area contributed by atoms with Gasteiger partial charge in [-0.2, -0.15) is 0 Å². The number of nitrogens with zero attached hydrogens (tertiary/aromatic N) is 2. The number of carboxylic acid groups (broad SMARTS) is 2. The van der Waals surface area contributed by atoms with Crippen molar-refractivity contribution in [3.8, 4) is 0 Å². The summed E-state index contributed by atoms with van der Waals surface area (Å²) in [5.41, 5.74) is 5.97. The first-order valence-corrected chi connectivity index (χ1v) is 7.81. The van der Waals surface area contributed by atoms with Crippen LogP contribution in [0, 0.1) is 5.92 Å². The number of hydrogen-bond acceptors (Lipinski definition) is 7. The molecule has 3 unspecified atom stereocenters. The quantitative estimate of drug-likeness (QED) is 0.391. The monoisotopic (exact) mass is 357 g/mol. The minimum absolute atomic E-state index is 0.114. The number of nitrogens with one attached hydrogen (secondary N) is 2. The highest BCUT2D eigenvalue weighted by atomic mass is 16.4. The fourth-order valence-corrected chi connectivity index (χ4v) is 1.86. The second-order valence-corrected chi connectivity index (χ2v) is 5.60. The Kier molecular flexibility index (Phi) is 7.79. The number of carbonyl (C=O) groups is 3. The minimum Gasteiger partial charge on any atom is -0.481 e. The van der Waals surface area contributed by atoms with Crippen LogP contribution in [0.2, 0.25) is 0 Å². The number of aromatic nitrogens is 2. The lowest BCUT2D eigenvalue weighted by atomic mass is 10.0. The number of carboxylic acids is 2. The van der Waals surface area contributed by atoms with Crippen molar-refractivity contribution in [1.82, 2.24) is 20.8 Å². The molecule has 0 spiro atoms. The predicted octanol–water partition coefficient (Wildman–Crippen LogP) is 0.233. The average Bonchev–Trinajstić information content (AvgIpc) is 3.03. The SMILES string of the molecule is CCC(C)C(N)c1nnc(CNC(=O)NC(CCC(=O)O)C(=O)O)o1. The molecule has 1 rings (SSSR count). The summed E-state index contributed by atoms with van der Waals surface area (Å²) in [6.07, 6.45) is 0.233. The molecule has 2 amide bonds. The van der Waals surface area contributed by atoms with Gasteiger partial charge in [-0.05, 0) is 12.3 Å². The Morgan fingerprint density at radius 1 is 1.28 bits per heavy atom. The second kappa shape index (κ2) is 9.57. The molecule has 0 bridgehead atoms. The van der Waals surface area contributed by atoms with Crippen LogP contribution in [-0.4, -0.2) is 44.4 Å². The Morgan fingerprint density at radius 3 is 2.52 bits per heavy atom. The zero-order valence-electron chi connectivity index (χ0n) is 14.1. The topological polar surface area (TPSA) is 181 Å². The Bertz CT molecular complexity index is 604. The molecule has 1 aromatic rings. The molecule has 0 radical (unpaired) electrons. The maximum Gasteiger partial charge on any atom is 0.326 e. The van der Waals surface area contributed by atoms with E-state index in [2.05, 4.69) is 20.8 Å². The van der Waals surface area contributed by atoms with Crippen molar-refractivity contribution < 1.29 is 29.0 Å². The van der Waals surface area contributed by atoms with Crippen molar-refractivity contribution in [2.24, 2.45) is 11.7 Å². The lowest BCUT2D eigenvalue weighted by Crippen LogP contribution is -2.46. The highest BCUT2D eigenvalue weighted by Crippen LogP contribution is 2.20. The molecular weight excluding hydrogens is 334 g/mol. The number of carbonyl (C=O) groups excluding carboxylic acids is 1. The first-order valence-electron chi connectivity index (χ1n) is 7.81. The maximum atomic E-state index is 11.7. The number of urea groups is 1. The highest BCUT2D eigenvalue weighted by Gasteiger charge is 2.22. The number of amides is 2. The molecule has 11 heteroatoms. The Balaban J connectivity index is 2.51. The molecule has 0 aromatic carbocycles. The number of rotatable bonds is 10. The van der Waals surface area contributed by atoms with Crippen LogP contribution in [0.5, 0.6) is 0 Å². The fourth-order valence-electron chi connectivity index (χ4n) is 1.86. The van der Waals surface area contributed by atoms with E-state index in [1.165, 1.54) is 0 Å². The molecule has 0 saturated carbocycles. The van der Waals surface area contributed by atoms with Gasteiger partial charge in [0, 0.05) is 6.42 Å². The van der Waals surface area contributed by atoms with Gasteiger partial charge >= 0.3 is 18.0 Å². The van der Waals surface area contributed by atoms with E-state index in [9.17, 15) is 14.4 Å². The molecule has 11 nitrogen and oxygen atoms in total. The van der Waals surface area contributed by atoms with Crippen LogP contribution in [0.15, 0.2) is 4.42 Å². The smallest absolute Gasteiger partial charge is 0.326 e. The van der Waals surface area contributed by atoms with E-state index in [0.29, 0.717) is 0 Å². The molecule has 0 aliphatic heterocycles. The number of aliphatic carboxylic acids is 2. The Hall–Kier alpha value is -2.69. The van der Waals surface area contributed by atoms with Crippen molar-refractivity contribution in [2.75, 3.05) is 0 Å². The molecular formula is C14H23N5O6. The molecule has 6 N–H and O–H groups in total. The van der Waals surface area contributed by atoms with Gasteiger partial charge in [-0.1, -0.05) is 20.3 Å². The highest BCUT2D eigenvalue weighted by molar-refractivity contribution is 5.82. The summed E-state index contributed by atoms with van der Waals surface area (Å²) in [5.74, 6) is -1.94. The van der Waals surface area contributed by atoms with Crippen LogP contribution >= 0.6 is 0 Å². The van der Waals surface area contributed by atoms with Gasteiger partial charge in [0.1, 0.15) is 6.04 Å². The molecule has 25 heavy (non-hydrogen) atoms. The minimum atomic E-state index is -1.32. The summed E-state index contributed by atoms with van der Waals surface area (Å²) in [5, 5.41) is 29.7. The Labute approximate surface area is 144 Å². The molecule has 0 fully saturated rings. The lowest BCUT2D eigenvalue weighted by Gasteiger charge is -2.14. The van der Waals surface area contributed by atoms with Gasteiger partial charge in [0.05, 0.1) is 12.6 Å². The van der Waals surface area contributed by atoms with Crippen LogP contribution < -0.4 is 16.4 Å². The average molecular weight is 357 g/mol. The third-order valence-electron chi connectivity index (χ3n) is 3.68. The first kappa shape index (κ1) is 20.4. The van der Waals surface area contributed by atoms with Gasteiger partial charge in [0.15, 0.2) is 0 Å². The summed E-state index contributed by atoms with van der Waals surface area (Å²) >= 11 is 0. The predicted molar refractivity (Wildman–Crippen MR) is 84.3 cm³/mol. The van der Waals surface area contributed by atoms with Gasteiger partial charge in [-0.15, -0.1) is 10.2 Å². The van der Waals surface area contributed by atoms with Crippen LogP contribution in [0.1, 0.15) is 50.9 Å². The van der Waals surface area contributed by atoms with Gasteiger partial charge in [-0.3, -0.25) is 4.79 Å². The maximum absolute atomic E-state index is 11.7. The van der Waals surface area contributed by atoms with Crippen LogP contribution in [0.25, 0.3) is 0 Å². The van der Waals surface area contributed by atoms with Crippen molar-refractivity contribution in [2.45, 2.75) is 51.7 Å². The summed E-state index contributed by atoms with van der Waals surface area (Å²) in [7, 11) is 0. The van der Waals surface area contributed by atoms with E-state index >= 15 is 0 Å². The van der Waals surface area contributed by atoms with Crippen molar-refractivity contribution in [3.05, 3.63) is 11.8 Å². The second-order valence-electron chi connectivity index (χ2n) is 5.60. The summed E-state index contributed by atoms with van der Waals surface area (Å²) in [6.45, 7) is 3.82. The van der Waals surface area contributed by atoms with Crippen molar-refractivity contribution >= 4 is 18.0 Å². The molecule has 1 heterocycles. The molecule has 0 saturated heterocycles. The molecule has 140 valence electrons. The summed E-state index contributed by atoms with van der Waals surface area (Å²) in [4.78, 5) is 33.2. The lowest BCUT2D eigenvalue weighted by molar-refractivity contribution is -0.140. The normalized spacial score (nSPS) is 14.4. The van der Waals surface area contributed by atoms with Crippen LogP contribution in [0.3, 0.4) is 0 Å². The van der Waals surface area contributed by atoms with Gasteiger partial charge in [-0.25, -0.2) is 9.59 Å². The summed E-state index contributed by atoms with van der Waals surface area (Å²) < 4.78 is 5.37. The van der Waals surface area contributed by atoms with Gasteiger partial charge in [0.2, 0.25) is 11.8 Å². The van der Waals surface area contributed by atoms with Gasteiger partial charge in [0.25, 0.3) is 0 Å². The van der Waals surface area contributed by atoms with Crippen molar-refractivity contribution in [1.29, 1.82) is 0 Å². The zero-order valence-corrected chi connectivity index (χ0v) is 14.1. The fraction of sp³-hybridized carbons (Fsp3) is 0.643. The van der Waals surface area contributed by atoms with E-state index in [0.717, 1.165) is 6.42 Å². The first-order chi connectivity index (χ1) is 11.7. The zero-order chi connectivity index (χ0) is 19.0. The third-order valence-corrected chi connectivity index (χ3v) is 3.68. The molecule has 0 aliphatic rings. The largest absolute Gasteiger partial charge is 0.481 e. The number of hydrogen-bond donors (Lipinski definition) is 5. The van der Waals surface area contributed by atoms with E-state index < -0.39 is 30.1 Å².